The Balaban J connectivity index is 2.54. The molecule has 0 saturated carbocycles. The third-order valence-corrected chi connectivity index (χ3v) is 4.14. The van der Waals surface area contributed by atoms with Crippen LogP contribution in [0.5, 0.6) is 0 Å². The quantitative estimate of drug-likeness (QED) is 0.408. The van der Waals surface area contributed by atoms with Gasteiger partial charge >= 0.3 is 0 Å². The Hall–Kier alpha value is -1.69. The van der Waals surface area contributed by atoms with Gasteiger partial charge in [0.2, 0.25) is 0 Å². The number of hydrogen-bond donors (Lipinski definition) is 2. The molecule has 24 heavy (non-hydrogen) atoms. The molecule has 0 aromatic heterocycles. The van der Waals surface area contributed by atoms with E-state index in [1.807, 2.05) is 36.0 Å². The highest BCUT2D eigenvalue weighted by atomic mass is 32.2. The van der Waals surface area contributed by atoms with Gasteiger partial charge in [0, 0.05) is 32.7 Å². The highest BCUT2D eigenvalue weighted by Gasteiger charge is 2.07. The largest absolute Gasteiger partial charge is 0.357 e. The van der Waals surface area contributed by atoms with Crippen LogP contribution < -0.4 is 10.6 Å². The third-order valence-electron chi connectivity index (χ3n) is 3.44. The van der Waals surface area contributed by atoms with E-state index in [1.165, 1.54) is 12.2 Å². The smallest absolute Gasteiger partial charge is 0.253 e. The Kier molecular flexibility index (Phi) is 10.00. The van der Waals surface area contributed by atoms with Crippen LogP contribution in [0.3, 0.4) is 0 Å². The minimum atomic E-state index is 0.0188. The Bertz CT molecular complexity index is 514. The molecule has 5 nitrogen and oxygen atoms in total. The van der Waals surface area contributed by atoms with E-state index in [4.69, 9.17) is 0 Å². The summed E-state index contributed by atoms with van der Waals surface area (Å²) in [5.74, 6) is 2.06. The summed E-state index contributed by atoms with van der Waals surface area (Å²) in [6.07, 6.45) is 4.50. The number of amides is 1. The first-order valence-corrected chi connectivity index (χ1v) is 9.79. The van der Waals surface area contributed by atoms with Crippen molar-refractivity contribution in [2.75, 3.05) is 39.2 Å². The number of benzene rings is 1. The molecule has 134 valence electrons. The zero-order valence-electron chi connectivity index (χ0n) is 15.3. The Labute approximate surface area is 150 Å². The summed E-state index contributed by atoms with van der Waals surface area (Å²) in [5, 5.41) is 6.62. The van der Waals surface area contributed by atoms with E-state index in [0.717, 1.165) is 31.0 Å². The zero-order valence-corrected chi connectivity index (χ0v) is 16.1. The summed E-state index contributed by atoms with van der Waals surface area (Å²) in [5.41, 5.74) is 1.79. The molecule has 1 aromatic rings. The Morgan fingerprint density at radius 3 is 2.46 bits per heavy atom. The molecule has 0 fully saturated rings. The SMILES string of the molecule is CCNC(=NCc1ccc(C(=O)N(C)C)cc1)NCCCCSC. The lowest BCUT2D eigenvalue weighted by Gasteiger charge is -2.12. The van der Waals surface area contributed by atoms with E-state index in [9.17, 15) is 4.79 Å². The fourth-order valence-corrected chi connectivity index (χ4v) is 2.59. The molecule has 2 N–H and O–H groups in total. The number of nitrogens with zero attached hydrogens (tertiary/aromatic N) is 2. The van der Waals surface area contributed by atoms with Gasteiger partial charge < -0.3 is 15.5 Å². The molecule has 1 amide bonds. The second kappa shape index (κ2) is 11.8. The van der Waals surface area contributed by atoms with E-state index in [0.29, 0.717) is 12.1 Å². The average molecular weight is 351 g/mol. The van der Waals surface area contributed by atoms with Gasteiger partial charge in [0.15, 0.2) is 5.96 Å². The molecular weight excluding hydrogens is 320 g/mol. The minimum Gasteiger partial charge on any atom is -0.357 e. The highest BCUT2D eigenvalue weighted by Crippen LogP contribution is 2.07. The maximum Gasteiger partial charge on any atom is 0.253 e. The lowest BCUT2D eigenvalue weighted by atomic mass is 10.1. The normalized spacial score (nSPS) is 11.2. The fraction of sp³-hybridized carbons (Fsp3) is 0.556. The lowest BCUT2D eigenvalue weighted by molar-refractivity contribution is 0.0827. The summed E-state index contributed by atoms with van der Waals surface area (Å²) in [6.45, 7) is 4.43. The second-order valence-electron chi connectivity index (χ2n) is 5.72. The molecule has 0 aliphatic rings. The minimum absolute atomic E-state index is 0.0188. The topological polar surface area (TPSA) is 56.7 Å². The monoisotopic (exact) mass is 350 g/mol. The van der Waals surface area contributed by atoms with Gasteiger partial charge in [-0.25, -0.2) is 4.99 Å². The number of unbranched alkanes of at least 4 members (excludes halogenated alkanes) is 1. The maximum atomic E-state index is 11.9. The van der Waals surface area contributed by atoms with E-state index in [-0.39, 0.29) is 5.91 Å². The zero-order chi connectivity index (χ0) is 17.8. The van der Waals surface area contributed by atoms with Crippen molar-refractivity contribution >= 4 is 23.6 Å². The summed E-state index contributed by atoms with van der Waals surface area (Å²) < 4.78 is 0. The molecule has 0 heterocycles. The summed E-state index contributed by atoms with van der Waals surface area (Å²) >= 11 is 1.88. The third kappa shape index (κ3) is 7.73. The number of guanidine groups is 1. The van der Waals surface area contributed by atoms with Gasteiger partial charge in [-0.15, -0.1) is 0 Å². The number of carbonyl (C=O) groups is 1. The van der Waals surface area contributed by atoms with Crippen molar-refractivity contribution in [3.63, 3.8) is 0 Å². The van der Waals surface area contributed by atoms with Crippen molar-refractivity contribution < 1.29 is 4.79 Å². The van der Waals surface area contributed by atoms with Crippen molar-refractivity contribution in [2.45, 2.75) is 26.3 Å². The number of aliphatic imine (C=N–C) groups is 1. The first kappa shape index (κ1) is 20.4. The number of hydrogen-bond acceptors (Lipinski definition) is 3. The average Bonchev–Trinajstić information content (AvgIpc) is 2.59. The molecule has 0 spiro atoms. The first-order chi connectivity index (χ1) is 11.6. The van der Waals surface area contributed by atoms with Crippen LogP contribution in [-0.4, -0.2) is 56.0 Å². The van der Waals surface area contributed by atoms with Crippen molar-refractivity contribution in [3.8, 4) is 0 Å². The molecule has 0 saturated heterocycles. The molecule has 0 unspecified atom stereocenters. The van der Waals surface area contributed by atoms with Crippen LogP contribution in [0.4, 0.5) is 0 Å². The summed E-state index contributed by atoms with van der Waals surface area (Å²) in [7, 11) is 3.52. The van der Waals surface area contributed by atoms with Gasteiger partial charge in [-0.2, -0.15) is 11.8 Å². The van der Waals surface area contributed by atoms with Gasteiger partial charge in [0.25, 0.3) is 5.91 Å². The van der Waals surface area contributed by atoms with Gasteiger partial charge in [-0.3, -0.25) is 4.79 Å². The van der Waals surface area contributed by atoms with Crippen LogP contribution in [0, 0.1) is 0 Å². The van der Waals surface area contributed by atoms with Gasteiger partial charge in [-0.1, -0.05) is 12.1 Å². The van der Waals surface area contributed by atoms with Crippen LogP contribution in [0.1, 0.15) is 35.7 Å². The van der Waals surface area contributed by atoms with Crippen molar-refractivity contribution in [1.82, 2.24) is 15.5 Å². The molecule has 0 atom stereocenters. The summed E-state index contributed by atoms with van der Waals surface area (Å²) in [6, 6.07) is 7.64. The predicted octanol–water partition coefficient (Wildman–Crippen LogP) is 2.59. The van der Waals surface area contributed by atoms with Crippen molar-refractivity contribution in [1.29, 1.82) is 0 Å². The lowest BCUT2D eigenvalue weighted by Crippen LogP contribution is -2.37. The van der Waals surface area contributed by atoms with E-state index in [2.05, 4.69) is 28.8 Å². The van der Waals surface area contributed by atoms with Crippen LogP contribution in [0.2, 0.25) is 0 Å². The second-order valence-corrected chi connectivity index (χ2v) is 6.70. The van der Waals surface area contributed by atoms with E-state index in [1.54, 1.807) is 19.0 Å². The number of thioether (sulfide) groups is 1. The number of rotatable bonds is 9. The molecule has 0 aliphatic heterocycles. The first-order valence-electron chi connectivity index (χ1n) is 8.40. The van der Waals surface area contributed by atoms with Crippen molar-refractivity contribution in [2.24, 2.45) is 4.99 Å². The van der Waals surface area contributed by atoms with Crippen LogP contribution in [-0.2, 0) is 6.54 Å². The molecule has 0 bridgehead atoms. The van der Waals surface area contributed by atoms with E-state index < -0.39 is 0 Å². The van der Waals surface area contributed by atoms with Crippen LogP contribution >= 0.6 is 11.8 Å². The maximum absolute atomic E-state index is 11.9. The molecule has 1 aromatic carbocycles. The molecule has 0 radical (unpaired) electrons. The standard InChI is InChI=1S/C18H30N4OS/c1-5-19-18(20-12-6-7-13-24-4)21-14-15-8-10-16(11-9-15)17(23)22(2)3/h8-11H,5-7,12-14H2,1-4H3,(H2,19,20,21). The van der Waals surface area contributed by atoms with Crippen LogP contribution in [0.25, 0.3) is 0 Å². The Morgan fingerprint density at radius 2 is 1.88 bits per heavy atom. The van der Waals surface area contributed by atoms with Gasteiger partial charge in [-0.05, 0) is 49.5 Å². The van der Waals surface area contributed by atoms with Crippen molar-refractivity contribution in [3.05, 3.63) is 35.4 Å². The van der Waals surface area contributed by atoms with Gasteiger partial charge in [0.05, 0.1) is 6.54 Å². The van der Waals surface area contributed by atoms with Crippen LogP contribution in [0.15, 0.2) is 29.3 Å². The highest BCUT2D eigenvalue weighted by molar-refractivity contribution is 7.98. The predicted molar refractivity (Wildman–Crippen MR) is 105 cm³/mol. The Morgan fingerprint density at radius 1 is 1.17 bits per heavy atom. The molecular formula is C18H30N4OS. The number of nitrogens with one attached hydrogen (secondary N) is 2. The number of carbonyl (C=O) groups excluding carboxylic acids is 1. The molecule has 0 aliphatic carbocycles. The van der Waals surface area contributed by atoms with E-state index >= 15 is 0 Å². The summed E-state index contributed by atoms with van der Waals surface area (Å²) in [4.78, 5) is 18.1. The fourth-order valence-electron chi connectivity index (χ4n) is 2.10. The molecule has 6 heteroatoms. The van der Waals surface area contributed by atoms with Gasteiger partial charge in [0.1, 0.15) is 0 Å². The molecule has 1 rings (SSSR count).